The van der Waals surface area contributed by atoms with Gasteiger partial charge in [0.15, 0.2) is 5.60 Å². The van der Waals surface area contributed by atoms with Crippen molar-refractivity contribution in [3.05, 3.63) is 108 Å². The fourth-order valence-corrected chi connectivity index (χ4v) is 3.70. The van der Waals surface area contributed by atoms with E-state index in [4.69, 9.17) is 4.74 Å². The van der Waals surface area contributed by atoms with Gasteiger partial charge in [0.1, 0.15) is 0 Å². The van der Waals surface area contributed by atoms with E-state index in [1.54, 1.807) is 0 Å². The largest absolute Gasteiger partial charge is 0.449 e. The van der Waals surface area contributed by atoms with Crippen molar-refractivity contribution in [2.75, 3.05) is 0 Å². The molecular weight excluding hydrogens is 296 g/mol. The monoisotopic (exact) mass is 314 g/mol. The first-order valence-corrected chi connectivity index (χ1v) is 8.18. The lowest BCUT2D eigenvalue weighted by molar-refractivity contribution is -0.146. The first-order chi connectivity index (χ1) is 11.8. The SMILES string of the molecule is O=C1C[C@@H](c2ccccc2)C(c2ccccc2)(c2ccccc2)O1. The second-order valence-electron chi connectivity index (χ2n) is 6.11. The maximum absolute atomic E-state index is 12.4. The van der Waals surface area contributed by atoms with Crippen molar-refractivity contribution in [1.82, 2.24) is 0 Å². The second-order valence-corrected chi connectivity index (χ2v) is 6.11. The second kappa shape index (κ2) is 5.97. The predicted octanol–water partition coefficient (Wildman–Crippen LogP) is 4.66. The molecule has 0 aromatic heterocycles. The van der Waals surface area contributed by atoms with Gasteiger partial charge in [-0.05, 0) is 5.56 Å². The summed E-state index contributed by atoms with van der Waals surface area (Å²) in [6, 6.07) is 30.3. The van der Waals surface area contributed by atoms with E-state index in [1.807, 2.05) is 78.9 Å². The number of ether oxygens (including phenoxy) is 1. The molecule has 4 rings (SSSR count). The van der Waals surface area contributed by atoms with E-state index in [-0.39, 0.29) is 11.9 Å². The maximum Gasteiger partial charge on any atom is 0.307 e. The van der Waals surface area contributed by atoms with Crippen LogP contribution in [-0.4, -0.2) is 5.97 Å². The van der Waals surface area contributed by atoms with Crippen LogP contribution < -0.4 is 0 Å². The molecule has 0 N–H and O–H groups in total. The molecule has 1 atom stereocenters. The summed E-state index contributed by atoms with van der Waals surface area (Å²) in [5.41, 5.74) is 2.36. The average Bonchev–Trinajstić information content (AvgIpc) is 3.02. The van der Waals surface area contributed by atoms with E-state index in [1.165, 1.54) is 0 Å². The van der Waals surface area contributed by atoms with E-state index >= 15 is 0 Å². The van der Waals surface area contributed by atoms with E-state index in [2.05, 4.69) is 12.1 Å². The van der Waals surface area contributed by atoms with E-state index in [0.29, 0.717) is 6.42 Å². The molecule has 118 valence electrons. The van der Waals surface area contributed by atoms with Gasteiger partial charge in [0.2, 0.25) is 0 Å². The molecule has 1 aliphatic heterocycles. The molecule has 2 heteroatoms. The highest BCUT2D eigenvalue weighted by Gasteiger charge is 2.52. The number of esters is 1. The summed E-state index contributed by atoms with van der Waals surface area (Å²) in [6.45, 7) is 0. The highest BCUT2D eigenvalue weighted by molar-refractivity contribution is 5.76. The lowest BCUT2D eigenvalue weighted by atomic mass is 9.73. The summed E-state index contributed by atoms with van der Waals surface area (Å²) in [5.74, 6) is -0.201. The molecule has 2 nitrogen and oxygen atoms in total. The van der Waals surface area contributed by atoms with Gasteiger partial charge in [0.05, 0.1) is 6.42 Å². The number of hydrogen-bond acceptors (Lipinski definition) is 2. The smallest absolute Gasteiger partial charge is 0.307 e. The Balaban J connectivity index is 1.97. The van der Waals surface area contributed by atoms with Crippen molar-refractivity contribution in [3.8, 4) is 0 Å². The van der Waals surface area contributed by atoms with E-state index in [9.17, 15) is 4.79 Å². The van der Waals surface area contributed by atoms with Crippen LogP contribution in [0.4, 0.5) is 0 Å². The average molecular weight is 314 g/mol. The summed E-state index contributed by atoms with van der Waals surface area (Å²) in [5, 5.41) is 0. The van der Waals surface area contributed by atoms with Crippen LogP contribution in [0.3, 0.4) is 0 Å². The summed E-state index contributed by atoms with van der Waals surface area (Å²) in [6.07, 6.45) is 0.383. The third-order valence-corrected chi connectivity index (χ3v) is 4.74. The topological polar surface area (TPSA) is 26.3 Å². The molecule has 0 saturated carbocycles. The molecule has 0 amide bonds. The molecule has 3 aromatic carbocycles. The minimum absolute atomic E-state index is 0.0454. The van der Waals surface area contributed by atoms with Crippen LogP contribution >= 0.6 is 0 Å². The Labute approximate surface area is 141 Å². The maximum atomic E-state index is 12.4. The minimum Gasteiger partial charge on any atom is -0.449 e. The summed E-state index contributed by atoms with van der Waals surface area (Å²) in [4.78, 5) is 12.4. The number of hydrogen-bond donors (Lipinski definition) is 0. The molecule has 0 bridgehead atoms. The molecule has 1 aliphatic rings. The molecule has 1 fully saturated rings. The molecular formula is C22H18O2. The first-order valence-electron chi connectivity index (χ1n) is 8.18. The standard InChI is InChI=1S/C22H18O2/c23-21-16-20(17-10-4-1-5-11-17)22(24-21,18-12-6-2-7-13-18)19-14-8-3-9-15-19/h1-15,20H,16H2/t20-/m0/s1. The van der Waals surface area contributed by atoms with Crippen molar-refractivity contribution in [2.24, 2.45) is 0 Å². The van der Waals surface area contributed by atoms with Gasteiger partial charge in [-0.2, -0.15) is 0 Å². The van der Waals surface area contributed by atoms with Gasteiger partial charge < -0.3 is 4.74 Å². The summed E-state index contributed by atoms with van der Waals surface area (Å²) >= 11 is 0. The zero-order valence-corrected chi connectivity index (χ0v) is 13.3. The Morgan fingerprint density at radius 3 is 1.67 bits per heavy atom. The molecule has 1 heterocycles. The molecule has 1 saturated heterocycles. The quantitative estimate of drug-likeness (QED) is 0.657. The highest BCUT2D eigenvalue weighted by atomic mass is 16.6. The van der Waals surface area contributed by atoms with Crippen molar-refractivity contribution in [2.45, 2.75) is 17.9 Å². The van der Waals surface area contributed by atoms with Gasteiger partial charge in [0, 0.05) is 17.0 Å². The first kappa shape index (κ1) is 14.7. The third-order valence-electron chi connectivity index (χ3n) is 4.74. The van der Waals surface area contributed by atoms with Gasteiger partial charge in [-0.25, -0.2) is 0 Å². The number of carbonyl (C=O) groups is 1. The zero-order chi connectivity index (χ0) is 16.4. The van der Waals surface area contributed by atoms with Crippen LogP contribution in [0.2, 0.25) is 0 Å². The lowest BCUT2D eigenvalue weighted by Crippen LogP contribution is -2.33. The van der Waals surface area contributed by atoms with Crippen molar-refractivity contribution < 1.29 is 9.53 Å². The van der Waals surface area contributed by atoms with Gasteiger partial charge in [-0.1, -0.05) is 91.0 Å². The molecule has 0 spiro atoms. The Morgan fingerprint density at radius 2 is 1.17 bits per heavy atom. The van der Waals surface area contributed by atoms with Gasteiger partial charge in [-0.15, -0.1) is 0 Å². The highest BCUT2D eigenvalue weighted by Crippen LogP contribution is 2.51. The van der Waals surface area contributed by atoms with Crippen LogP contribution in [0.25, 0.3) is 0 Å². The van der Waals surface area contributed by atoms with Crippen LogP contribution in [0.5, 0.6) is 0 Å². The summed E-state index contributed by atoms with van der Waals surface area (Å²) < 4.78 is 6.05. The van der Waals surface area contributed by atoms with Crippen LogP contribution in [0.15, 0.2) is 91.0 Å². The van der Waals surface area contributed by atoms with E-state index in [0.717, 1.165) is 16.7 Å². The van der Waals surface area contributed by atoms with Crippen molar-refractivity contribution in [3.63, 3.8) is 0 Å². The Kier molecular flexibility index (Phi) is 3.66. The van der Waals surface area contributed by atoms with Gasteiger partial charge >= 0.3 is 5.97 Å². The minimum atomic E-state index is -0.777. The molecule has 0 radical (unpaired) electrons. The lowest BCUT2D eigenvalue weighted by Gasteiger charge is -2.35. The molecule has 3 aromatic rings. The number of cyclic esters (lactones) is 1. The van der Waals surface area contributed by atoms with Crippen molar-refractivity contribution in [1.29, 1.82) is 0 Å². The van der Waals surface area contributed by atoms with Crippen LogP contribution in [0.1, 0.15) is 29.0 Å². The number of rotatable bonds is 3. The van der Waals surface area contributed by atoms with Gasteiger partial charge in [0.25, 0.3) is 0 Å². The molecule has 0 unspecified atom stereocenters. The fourth-order valence-electron chi connectivity index (χ4n) is 3.70. The van der Waals surface area contributed by atoms with E-state index < -0.39 is 5.60 Å². The molecule has 24 heavy (non-hydrogen) atoms. The fraction of sp³-hybridized carbons (Fsp3) is 0.136. The zero-order valence-electron chi connectivity index (χ0n) is 13.3. The Bertz CT molecular complexity index is 786. The van der Waals surface area contributed by atoms with Gasteiger partial charge in [-0.3, -0.25) is 4.79 Å². The number of carbonyl (C=O) groups excluding carboxylic acids is 1. The predicted molar refractivity (Wildman–Crippen MR) is 93.6 cm³/mol. The third kappa shape index (κ3) is 2.31. The van der Waals surface area contributed by atoms with Crippen LogP contribution in [-0.2, 0) is 15.1 Å². The summed E-state index contributed by atoms with van der Waals surface area (Å²) in [7, 11) is 0. The van der Waals surface area contributed by atoms with Crippen LogP contribution in [0, 0.1) is 0 Å². The molecule has 0 aliphatic carbocycles. The Morgan fingerprint density at radius 1 is 0.708 bits per heavy atom. The Hall–Kier alpha value is -2.87. The number of benzene rings is 3. The normalized spacial score (nSPS) is 19.0. The van der Waals surface area contributed by atoms with Crippen molar-refractivity contribution >= 4 is 5.97 Å².